The van der Waals surface area contributed by atoms with Gasteiger partial charge in [0.25, 0.3) is 0 Å². The molecule has 20 heavy (non-hydrogen) atoms. The van der Waals surface area contributed by atoms with Gasteiger partial charge in [-0.25, -0.2) is 0 Å². The van der Waals surface area contributed by atoms with Gasteiger partial charge in [-0.1, -0.05) is 45.7 Å². The van der Waals surface area contributed by atoms with Crippen molar-refractivity contribution in [2.45, 2.75) is 79.3 Å². The molecule has 1 spiro atoms. The zero-order valence-corrected chi connectivity index (χ0v) is 16.3. The number of hydrogen-bond acceptors (Lipinski definition) is 2. The Morgan fingerprint density at radius 3 is 2.30 bits per heavy atom. The molecule has 3 fully saturated rings. The maximum atomic E-state index is 11.0. The summed E-state index contributed by atoms with van der Waals surface area (Å²) in [4.78, 5) is 0.129. The highest BCUT2D eigenvalue weighted by molar-refractivity contribution is 9.09. The second kappa shape index (κ2) is 4.37. The molecule has 0 bridgehead atoms. The van der Waals surface area contributed by atoms with E-state index >= 15 is 0 Å². The lowest BCUT2D eigenvalue weighted by Gasteiger charge is -2.61. The van der Waals surface area contributed by atoms with Crippen molar-refractivity contribution in [3.63, 3.8) is 0 Å². The van der Waals surface area contributed by atoms with Crippen molar-refractivity contribution in [1.29, 1.82) is 0 Å². The van der Waals surface area contributed by atoms with E-state index in [1.807, 2.05) is 6.92 Å². The largest absolute Gasteiger partial charge is 0.392 e. The molecule has 0 amide bonds. The summed E-state index contributed by atoms with van der Waals surface area (Å²) in [6.45, 7) is 8.71. The molecule has 0 unspecified atom stereocenters. The average molecular weight is 431 g/mol. The van der Waals surface area contributed by atoms with Crippen LogP contribution in [0.1, 0.15) is 47.0 Å². The predicted octanol–water partition coefficient (Wildman–Crippen LogP) is 4.24. The van der Waals surface area contributed by atoms with Crippen molar-refractivity contribution in [3.8, 4) is 0 Å². The molecular weight excluding hydrogens is 407 g/mol. The third-order valence-corrected chi connectivity index (χ3v) is 10.0. The number of rotatable bonds is 0. The van der Waals surface area contributed by atoms with Crippen LogP contribution in [0.25, 0.3) is 0 Å². The fourth-order valence-electron chi connectivity index (χ4n) is 4.87. The van der Waals surface area contributed by atoms with Crippen LogP contribution in [0.3, 0.4) is 0 Å². The van der Waals surface area contributed by atoms with Gasteiger partial charge >= 0.3 is 0 Å². The first-order valence-corrected chi connectivity index (χ1v) is 9.53. The van der Waals surface area contributed by atoms with E-state index in [4.69, 9.17) is 16.3 Å². The Morgan fingerprint density at radius 2 is 1.70 bits per heavy atom. The number of hydrogen-bond donors (Lipinski definition) is 1. The van der Waals surface area contributed by atoms with Crippen LogP contribution in [0, 0.1) is 10.8 Å². The molecule has 3 aliphatic rings. The fraction of sp³-hybridized carbons (Fsp3) is 1.00. The Morgan fingerprint density at radius 1 is 1.10 bits per heavy atom. The summed E-state index contributed by atoms with van der Waals surface area (Å²) in [5.41, 5.74) is -0.535. The Balaban J connectivity index is 2.08. The van der Waals surface area contributed by atoms with Gasteiger partial charge in [0.15, 0.2) is 0 Å². The normalized spacial score (nSPS) is 61.2. The van der Waals surface area contributed by atoms with Crippen LogP contribution < -0.4 is 0 Å². The summed E-state index contributed by atoms with van der Waals surface area (Å²) >= 11 is 14.2. The summed E-state index contributed by atoms with van der Waals surface area (Å²) in [6.07, 6.45) is 2.27. The van der Waals surface area contributed by atoms with Gasteiger partial charge < -0.3 is 9.84 Å². The van der Waals surface area contributed by atoms with Crippen LogP contribution >= 0.6 is 43.5 Å². The van der Waals surface area contributed by atoms with Gasteiger partial charge in [-0.05, 0) is 38.5 Å². The number of ether oxygens (including phenoxy) is 1. The van der Waals surface area contributed by atoms with E-state index in [0.717, 1.165) is 12.8 Å². The minimum atomic E-state index is -0.441. The van der Waals surface area contributed by atoms with E-state index in [2.05, 4.69) is 52.6 Å². The zero-order valence-electron chi connectivity index (χ0n) is 12.4. The molecule has 5 heteroatoms. The van der Waals surface area contributed by atoms with E-state index in [9.17, 15) is 5.11 Å². The maximum absolute atomic E-state index is 11.0. The van der Waals surface area contributed by atoms with E-state index in [1.165, 1.54) is 0 Å². The van der Waals surface area contributed by atoms with Gasteiger partial charge in [-0.3, -0.25) is 0 Å². The number of epoxide rings is 1. The van der Waals surface area contributed by atoms with E-state index < -0.39 is 11.0 Å². The third-order valence-electron chi connectivity index (χ3n) is 6.50. The summed E-state index contributed by atoms with van der Waals surface area (Å²) in [5, 5.41) is 11.0. The molecule has 3 rings (SSSR count). The van der Waals surface area contributed by atoms with Crippen LogP contribution in [0.15, 0.2) is 0 Å². The number of aliphatic hydroxyl groups excluding tert-OH is 1. The van der Waals surface area contributed by atoms with Gasteiger partial charge in [0.1, 0.15) is 5.60 Å². The third kappa shape index (κ3) is 1.75. The van der Waals surface area contributed by atoms with Crippen molar-refractivity contribution in [3.05, 3.63) is 0 Å². The van der Waals surface area contributed by atoms with Crippen molar-refractivity contribution in [2.75, 3.05) is 0 Å². The van der Waals surface area contributed by atoms with Crippen LogP contribution in [-0.2, 0) is 4.74 Å². The predicted molar refractivity (Wildman–Crippen MR) is 89.0 cm³/mol. The molecule has 1 N–H and O–H groups in total. The number of alkyl halides is 3. The first kappa shape index (κ1) is 16.0. The van der Waals surface area contributed by atoms with Gasteiger partial charge in [0, 0.05) is 15.1 Å². The highest BCUT2D eigenvalue weighted by atomic mass is 79.9. The molecule has 0 aromatic rings. The molecule has 2 aliphatic carbocycles. The van der Waals surface area contributed by atoms with Crippen molar-refractivity contribution in [1.82, 2.24) is 0 Å². The molecule has 116 valence electrons. The Bertz CT molecular complexity index is 442. The number of halogens is 3. The SMILES string of the molecule is CC1(C)[C@@H](Br)C[C@H]2O[C@@]2(C)[C@]12C[C@H](Br)[C@@](C)(Cl)C[C@H]2O. The molecule has 1 saturated heterocycles. The summed E-state index contributed by atoms with van der Waals surface area (Å²) in [6, 6.07) is 0. The second-order valence-electron chi connectivity index (χ2n) is 7.78. The van der Waals surface area contributed by atoms with Crippen LogP contribution in [0.2, 0.25) is 0 Å². The highest BCUT2D eigenvalue weighted by Crippen LogP contribution is 2.72. The molecule has 1 heterocycles. The van der Waals surface area contributed by atoms with Gasteiger partial charge in [0.05, 0.1) is 17.1 Å². The van der Waals surface area contributed by atoms with Gasteiger partial charge in [0.2, 0.25) is 0 Å². The lowest BCUT2D eigenvalue weighted by atomic mass is 9.46. The lowest BCUT2D eigenvalue weighted by Crippen LogP contribution is -2.67. The number of fused-ring (bicyclic) bond motifs is 2. The summed E-state index contributed by atoms with van der Waals surface area (Å²) in [5.74, 6) is 0. The zero-order chi connectivity index (χ0) is 15.1. The quantitative estimate of drug-likeness (QED) is 0.461. The summed E-state index contributed by atoms with van der Waals surface area (Å²) < 4.78 is 6.10. The smallest absolute Gasteiger partial charge is 0.101 e. The van der Waals surface area contributed by atoms with Gasteiger partial charge in [-0.15, -0.1) is 11.6 Å². The van der Waals surface area contributed by atoms with Crippen molar-refractivity contribution < 1.29 is 9.84 Å². The average Bonchev–Trinajstić information content (AvgIpc) is 2.94. The summed E-state index contributed by atoms with van der Waals surface area (Å²) in [7, 11) is 0. The standard InChI is InChI=1S/C15H23Br2ClO2/c1-12(2)8(16)5-11-14(4,20-11)15(12)6-9(17)13(3,18)7-10(15)19/h8-11,19H,5-7H2,1-4H3/t8-,9-,10+,11+,13-,14+,15-/m0/s1. The lowest BCUT2D eigenvalue weighted by molar-refractivity contribution is -0.143. The molecule has 0 aromatic heterocycles. The van der Waals surface area contributed by atoms with Gasteiger partial charge in [-0.2, -0.15) is 0 Å². The van der Waals surface area contributed by atoms with E-state index in [0.29, 0.717) is 11.2 Å². The molecule has 0 aromatic carbocycles. The Hall–Kier alpha value is 1.17. The Labute approximate surface area is 143 Å². The molecule has 2 nitrogen and oxygen atoms in total. The molecule has 1 aliphatic heterocycles. The molecule has 7 atom stereocenters. The Kier molecular flexibility index (Phi) is 3.51. The first-order valence-electron chi connectivity index (χ1n) is 7.32. The van der Waals surface area contributed by atoms with E-state index in [-0.39, 0.29) is 27.4 Å². The monoisotopic (exact) mass is 428 g/mol. The minimum absolute atomic E-state index is 0.0480. The molecular formula is C15H23Br2ClO2. The van der Waals surface area contributed by atoms with Crippen LogP contribution in [-0.4, -0.2) is 37.4 Å². The molecule has 0 radical (unpaired) electrons. The topological polar surface area (TPSA) is 32.8 Å². The second-order valence-corrected chi connectivity index (χ2v) is 10.9. The minimum Gasteiger partial charge on any atom is -0.392 e. The van der Waals surface area contributed by atoms with E-state index in [1.54, 1.807) is 0 Å². The van der Waals surface area contributed by atoms with Crippen molar-refractivity contribution in [2.24, 2.45) is 10.8 Å². The first-order chi connectivity index (χ1) is 8.99. The molecule has 2 saturated carbocycles. The maximum Gasteiger partial charge on any atom is 0.101 e. The fourth-order valence-corrected chi connectivity index (χ4v) is 6.54. The van der Waals surface area contributed by atoms with Crippen LogP contribution in [0.5, 0.6) is 0 Å². The van der Waals surface area contributed by atoms with Crippen LogP contribution in [0.4, 0.5) is 0 Å². The highest BCUT2D eigenvalue weighted by Gasteiger charge is 2.78. The van der Waals surface area contributed by atoms with Crippen molar-refractivity contribution >= 4 is 43.5 Å². The number of aliphatic hydroxyl groups is 1.